The Hall–Kier alpha value is -2.57. The van der Waals surface area contributed by atoms with Crippen molar-refractivity contribution in [2.45, 2.75) is 109 Å². The third kappa shape index (κ3) is 7.13. The molecule has 254 valence electrons. The number of ether oxygens (including phenoxy) is 1. The number of hydrogen-bond donors (Lipinski definition) is 1. The van der Waals surface area contributed by atoms with Crippen molar-refractivity contribution in [2.75, 3.05) is 53.0 Å². The van der Waals surface area contributed by atoms with Gasteiger partial charge in [-0.25, -0.2) is 4.98 Å². The Kier molecular flexibility index (Phi) is 10.3. The molecule has 4 fully saturated rings. The summed E-state index contributed by atoms with van der Waals surface area (Å²) in [6.07, 6.45) is 5.72. The Bertz CT molecular complexity index is 1290. The minimum atomic E-state index is -0.495. The number of amides is 4. The van der Waals surface area contributed by atoms with Crippen molar-refractivity contribution in [1.82, 2.24) is 29.9 Å². The lowest BCUT2D eigenvalue weighted by Gasteiger charge is -2.40. The largest absolute Gasteiger partial charge is 0.383 e. The van der Waals surface area contributed by atoms with Gasteiger partial charge in [0.25, 0.3) is 0 Å². The smallest absolute Gasteiger partial charge is 0.245 e. The van der Waals surface area contributed by atoms with Crippen LogP contribution in [0.4, 0.5) is 0 Å². The van der Waals surface area contributed by atoms with Crippen molar-refractivity contribution in [2.24, 2.45) is 11.8 Å². The molecule has 4 saturated heterocycles. The minimum Gasteiger partial charge on any atom is -0.383 e. The zero-order valence-corrected chi connectivity index (χ0v) is 28.9. The van der Waals surface area contributed by atoms with Gasteiger partial charge in [-0.1, -0.05) is 13.8 Å². The second kappa shape index (κ2) is 14.3. The monoisotopic (exact) mass is 656 g/mol. The second-order valence-electron chi connectivity index (χ2n) is 14.5. The van der Waals surface area contributed by atoms with Gasteiger partial charge < -0.3 is 29.7 Å². The van der Waals surface area contributed by atoms with Gasteiger partial charge >= 0.3 is 0 Å². The van der Waals surface area contributed by atoms with Crippen LogP contribution in [0.15, 0.2) is 0 Å². The van der Waals surface area contributed by atoms with Crippen molar-refractivity contribution in [3.05, 3.63) is 15.6 Å². The Morgan fingerprint density at radius 1 is 1.02 bits per heavy atom. The van der Waals surface area contributed by atoms with Crippen LogP contribution < -0.4 is 5.32 Å². The van der Waals surface area contributed by atoms with E-state index in [0.717, 1.165) is 47.8 Å². The number of thiazole rings is 1. The van der Waals surface area contributed by atoms with E-state index < -0.39 is 6.04 Å². The van der Waals surface area contributed by atoms with Gasteiger partial charge in [-0.3, -0.25) is 19.2 Å². The van der Waals surface area contributed by atoms with Gasteiger partial charge in [-0.2, -0.15) is 0 Å². The molecule has 7 heterocycles. The quantitative estimate of drug-likeness (QED) is 0.501. The molecule has 0 radical (unpaired) electrons. The van der Waals surface area contributed by atoms with Crippen molar-refractivity contribution in [1.29, 1.82) is 0 Å². The lowest BCUT2D eigenvalue weighted by molar-refractivity contribution is -0.146. The molecule has 0 saturated carbocycles. The van der Waals surface area contributed by atoms with Gasteiger partial charge in [-0.05, 0) is 57.3 Å². The predicted molar refractivity (Wildman–Crippen MR) is 175 cm³/mol. The molecular formula is C34H52N6O5S. The standard InChI is InChI=1S/C34H52N6O5S/c1-21(2)35-26-16-29-34(44)37-11-7-23(8-12-37)33-36-28(22(3)46-33)17-30(41)38-13-9-24(25(18-38)15-32(43)40(29)19-26)14-31(42)39-10-5-6-27(39)20-45-4/h21,23-27,29,35H,5-20H2,1-4H3/t24-,25-,26-,27+,29-/m0/s1. The van der Waals surface area contributed by atoms with Crippen LogP contribution in [0.25, 0.3) is 0 Å². The van der Waals surface area contributed by atoms with Crippen LogP contribution >= 0.6 is 11.3 Å². The maximum atomic E-state index is 14.3. The van der Waals surface area contributed by atoms with Crippen molar-refractivity contribution in [3.8, 4) is 0 Å². The first kappa shape index (κ1) is 33.3. The van der Waals surface area contributed by atoms with E-state index in [4.69, 9.17) is 9.72 Å². The molecule has 0 spiro atoms. The van der Waals surface area contributed by atoms with E-state index in [2.05, 4.69) is 19.2 Å². The number of aryl methyl sites for hydroxylation is 1. The molecule has 46 heavy (non-hydrogen) atoms. The summed E-state index contributed by atoms with van der Waals surface area (Å²) >= 11 is 1.69. The van der Waals surface area contributed by atoms with Crippen molar-refractivity contribution in [3.63, 3.8) is 0 Å². The molecule has 6 bridgehead atoms. The first-order valence-electron chi connectivity index (χ1n) is 17.5. The van der Waals surface area contributed by atoms with E-state index in [1.165, 1.54) is 0 Å². The van der Waals surface area contributed by atoms with Gasteiger partial charge in [0.1, 0.15) is 6.04 Å². The molecule has 1 aromatic heterocycles. The molecule has 6 aliphatic heterocycles. The zero-order chi connectivity index (χ0) is 32.5. The van der Waals surface area contributed by atoms with Crippen LogP contribution in [0.1, 0.15) is 86.7 Å². The fourth-order valence-electron chi connectivity index (χ4n) is 8.56. The maximum absolute atomic E-state index is 14.3. The first-order chi connectivity index (χ1) is 22.1. The number of carbonyl (C=O) groups excluding carboxylic acids is 4. The lowest BCUT2D eigenvalue weighted by Crippen LogP contribution is -2.51. The number of hydrogen-bond acceptors (Lipinski definition) is 8. The van der Waals surface area contributed by atoms with E-state index in [0.29, 0.717) is 58.6 Å². The van der Waals surface area contributed by atoms with E-state index in [-0.39, 0.29) is 72.3 Å². The molecule has 12 heteroatoms. The Morgan fingerprint density at radius 2 is 1.78 bits per heavy atom. The van der Waals surface area contributed by atoms with Crippen molar-refractivity contribution >= 4 is 35.0 Å². The predicted octanol–water partition coefficient (Wildman–Crippen LogP) is 2.56. The number of rotatable bonds is 6. The molecule has 0 aliphatic carbocycles. The van der Waals surface area contributed by atoms with Crippen LogP contribution in [0.5, 0.6) is 0 Å². The Labute approximate surface area is 277 Å². The fraction of sp³-hybridized carbons (Fsp3) is 0.794. The number of likely N-dealkylation sites (tertiary alicyclic amines) is 1. The van der Waals surface area contributed by atoms with Crippen LogP contribution in [-0.4, -0.2) is 125 Å². The van der Waals surface area contributed by atoms with Gasteiger partial charge in [-0.15, -0.1) is 11.3 Å². The summed E-state index contributed by atoms with van der Waals surface area (Å²) in [5, 5.41) is 4.64. The summed E-state index contributed by atoms with van der Waals surface area (Å²) in [7, 11) is 1.67. The molecule has 0 unspecified atom stereocenters. The fourth-order valence-corrected chi connectivity index (χ4v) is 9.67. The second-order valence-corrected chi connectivity index (χ2v) is 15.8. The molecular weight excluding hydrogens is 604 g/mol. The SMILES string of the molecule is COC[C@H]1CCCN1C(=O)C[C@@H]1CCN2C[C@@H]1CC(=O)N1C[C@@H](NC(C)C)C[C@H]1C(=O)N1CCC(CC1)c1nc(c(C)s1)CC2=O. The van der Waals surface area contributed by atoms with Crippen LogP contribution in [-0.2, 0) is 30.3 Å². The highest BCUT2D eigenvalue weighted by Gasteiger charge is 2.44. The molecule has 4 amide bonds. The van der Waals surface area contributed by atoms with Gasteiger partial charge in [0.2, 0.25) is 23.6 Å². The topological polar surface area (TPSA) is 115 Å². The van der Waals surface area contributed by atoms with E-state index in [9.17, 15) is 19.2 Å². The summed E-state index contributed by atoms with van der Waals surface area (Å²) in [5.74, 6) is 0.261. The van der Waals surface area contributed by atoms with E-state index >= 15 is 0 Å². The molecule has 0 aromatic carbocycles. The van der Waals surface area contributed by atoms with Crippen molar-refractivity contribution < 1.29 is 23.9 Å². The number of fused-ring (bicyclic) bond motifs is 4. The zero-order valence-electron chi connectivity index (χ0n) is 28.0. The highest BCUT2D eigenvalue weighted by atomic mass is 32.1. The minimum absolute atomic E-state index is 0.0142. The summed E-state index contributed by atoms with van der Waals surface area (Å²) < 4.78 is 5.40. The molecule has 7 rings (SSSR count). The van der Waals surface area contributed by atoms with Crippen LogP contribution in [0.2, 0.25) is 0 Å². The number of nitrogens with one attached hydrogen (secondary N) is 1. The molecule has 5 atom stereocenters. The molecule has 1 N–H and O–H groups in total. The number of methoxy groups -OCH3 is 1. The first-order valence-corrected chi connectivity index (χ1v) is 18.3. The van der Waals surface area contributed by atoms with Gasteiger partial charge in [0.15, 0.2) is 0 Å². The lowest BCUT2D eigenvalue weighted by atomic mass is 9.80. The summed E-state index contributed by atoms with van der Waals surface area (Å²) in [4.78, 5) is 69.4. The van der Waals surface area contributed by atoms with E-state index in [1.807, 2.05) is 26.5 Å². The van der Waals surface area contributed by atoms with Crippen LogP contribution in [0.3, 0.4) is 0 Å². The normalized spacial score (nSPS) is 30.8. The number of nitrogens with zero attached hydrogens (tertiary/aromatic N) is 5. The third-order valence-electron chi connectivity index (χ3n) is 11.0. The summed E-state index contributed by atoms with van der Waals surface area (Å²) in [5.41, 5.74) is 0.848. The van der Waals surface area contributed by atoms with E-state index in [1.54, 1.807) is 18.4 Å². The summed E-state index contributed by atoms with van der Waals surface area (Å²) in [6.45, 7) is 10.3. The third-order valence-corrected chi connectivity index (χ3v) is 12.2. The average Bonchev–Trinajstić information content (AvgIpc) is 3.76. The molecule has 6 aliphatic rings. The number of piperidine rings is 2. The van der Waals surface area contributed by atoms with Gasteiger partial charge in [0.05, 0.1) is 29.8 Å². The number of carbonyl (C=O) groups is 4. The molecule has 11 nitrogen and oxygen atoms in total. The van der Waals surface area contributed by atoms with Crippen LogP contribution in [0, 0.1) is 18.8 Å². The molecule has 1 aromatic rings. The highest BCUT2D eigenvalue weighted by Crippen LogP contribution is 2.36. The average molecular weight is 657 g/mol. The highest BCUT2D eigenvalue weighted by molar-refractivity contribution is 7.11. The number of aromatic nitrogens is 1. The summed E-state index contributed by atoms with van der Waals surface area (Å²) in [6, 6.07) is -0.109. The Balaban J connectivity index is 1.27. The Morgan fingerprint density at radius 3 is 2.52 bits per heavy atom. The van der Waals surface area contributed by atoms with Gasteiger partial charge in [0, 0.05) is 82.1 Å². The maximum Gasteiger partial charge on any atom is 0.245 e.